The number of carbonyl (C=O) groups excluding carboxylic acids is 1. The minimum atomic E-state index is -0.787. The van der Waals surface area contributed by atoms with E-state index >= 15 is 0 Å². The zero-order chi connectivity index (χ0) is 13.3. The summed E-state index contributed by atoms with van der Waals surface area (Å²) >= 11 is 11.9. The Morgan fingerprint density at radius 3 is 2.61 bits per heavy atom. The van der Waals surface area contributed by atoms with Crippen LogP contribution in [0.25, 0.3) is 0 Å². The third kappa shape index (κ3) is 2.68. The molecule has 2 atom stereocenters. The molecular formula is C14H13Cl2NO. The van der Waals surface area contributed by atoms with E-state index in [0.717, 1.165) is 12.8 Å². The molecular weight excluding hydrogens is 269 g/mol. The average molecular weight is 282 g/mol. The van der Waals surface area contributed by atoms with Gasteiger partial charge in [-0.1, -0.05) is 36.2 Å². The number of hydrogen-bond donors (Lipinski definition) is 0. The van der Waals surface area contributed by atoms with Gasteiger partial charge in [-0.2, -0.15) is 5.26 Å². The zero-order valence-electron chi connectivity index (χ0n) is 9.99. The van der Waals surface area contributed by atoms with Crippen molar-refractivity contribution in [1.82, 2.24) is 0 Å². The van der Waals surface area contributed by atoms with Crippen LogP contribution in [0.4, 0.5) is 0 Å². The topological polar surface area (TPSA) is 40.9 Å². The Labute approximate surface area is 117 Å². The molecule has 0 saturated heterocycles. The summed E-state index contributed by atoms with van der Waals surface area (Å²) in [6.07, 6.45) is 2.17. The van der Waals surface area contributed by atoms with Crippen molar-refractivity contribution < 1.29 is 4.79 Å². The number of Topliss-reactive ketones (excluding diaryl/α,β-unsaturated/α-hetero) is 1. The zero-order valence-corrected chi connectivity index (χ0v) is 11.5. The van der Waals surface area contributed by atoms with Crippen molar-refractivity contribution in [2.24, 2.45) is 11.8 Å². The van der Waals surface area contributed by atoms with Gasteiger partial charge in [0.15, 0.2) is 5.78 Å². The Balaban J connectivity index is 2.27. The number of nitrogens with zero attached hydrogens (tertiary/aromatic N) is 1. The van der Waals surface area contributed by atoms with Gasteiger partial charge < -0.3 is 0 Å². The van der Waals surface area contributed by atoms with Crippen LogP contribution in [0.15, 0.2) is 18.2 Å². The van der Waals surface area contributed by atoms with Crippen LogP contribution in [0, 0.1) is 23.2 Å². The molecule has 0 radical (unpaired) electrons. The molecule has 1 aliphatic rings. The highest BCUT2D eigenvalue weighted by Crippen LogP contribution is 2.40. The highest BCUT2D eigenvalue weighted by molar-refractivity contribution is 6.35. The fourth-order valence-corrected chi connectivity index (χ4v) is 2.63. The van der Waals surface area contributed by atoms with Crippen molar-refractivity contribution in [3.8, 4) is 6.07 Å². The molecule has 0 aromatic heterocycles. The highest BCUT2D eigenvalue weighted by atomic mass is 35.5. The molecule has 0 bridgehead atoms. The largest absolute Gasteiger partial charge is 0.298 e. The second-order valence-corrected chi connectivity index (χ2v) is 5.60. The Morgan fingerprint density at radius 1 is 1.44 bits per heavy atom. The van der Waals surface area contributed by atoms with E-state index in [2.05, 4.69) is 6.07 Å². The Kier molecular flexibility index (Phi) is 3.94. The summed E-state index contributed by atoms with van der Waals surface area (Å²) in [7, 11) is 0. The molecule has 94 valence electrons. The van der Waals surface area contributed by atoms with Crippen molar-refractivity contribution in [3.63, 3.8) is 0 Å². The predicted molar refractivity (Wildman–Crippen MR) is 71.7 cm³/mol. The third-order valence-corrected chi connectivity index (χ3v) is 4.03. The monoisotopic (exact) mass is 281 g/mol. The van der Waals surface area contributed by atoms with E-state index < -0.39 is 5.92 Å². The van der Waals surface area contributed by atoms with Gasteiger partial charge >= 0.3 is 0 Å². The van der Waals surface area contributed by atoms with Gasteiger partial charge in [-0.25, -0.2) is 0 Å². The number of hydrogen-bond acceptors (Lipinski definition) is 2. The first-order chi connectivity index (χ1) is 8.54. The summed E-state index contributed by atoms with van der Waals surface area (Å²) in [5.74, 6) is -0.449. The number of ketones is 1. The van der Waals surface area contributed by atoms with Crippen molar-refractivity contribution in [1.29, 1.82) is 5.26 Å². The quantitative estimate of drug-likeness (QED) is 0.829. The van der Waals surface area contributed by atoms with E-state index in [1.807, 2.05) is 6.92 Å². The Hall–Kier alpha value is -1.04. The van der Waals surface area contributed by atoms with Crippen LogP contribution in [0.5, 0.6) is 0 Å². The van der Waals surface area contributed by atoms with Crippen molar-refractivity contribution >= 4 is 29.0 Å². The summed E-state index contributed by atoms with van der Waals surface area (Å²) in [6, 6.07) is 6.95. The Bertz CT molecular complexity index is 517. The smallest absolute Gasteiger partial charge is 0.157 e. The van der Waals surface area contributed by atoms with E-state index in [1.54, 1.807) is 18.2 Å². The molecule has 0 spiro atoms. The van der Waals surface area contributed by atoms with Crippen molar-refractivity contribution in [2.45, 2.75) is 25.7 Å². The molecule has 0 N–H and O–H groups in total. The molecule has 1 fully saturated rings. The summed E-state index contributed by atoms with van der Waals surface area (Å²) in [5, 5.41) is 10.1. The lowest BCUT2D eigenvalue weighted by atomic mass is 9.87. The van der Waals surface area contributed by atoms with Gasteiger partial charge in [-0.05, 0) is 36.5 Å². The molecule has 0 aliphatic heterocycles. The number of rotatable bonds is 4. The van der Waals surface area contributed by atoms with E-state index in [9.17, 15) is 10.1 Å². The lowest BCUT2D eigenvalue weighted by molar-refractivity contribution is -0.123. The minimum absolute atomic E-state index is 0.0378. The second kappa shape index (κ2) is 5.30. The molecule has 2 unspecified atom stereocenters. The summed E-state index contributed by atoms with van der Waals surface area (Å²) in [5.41, 5.74) is 0.557. The molecule has 1 aliphatic carbocycles. The number of halogens is 2. The first-order valence-corrected chi connectivity index (χ1v) is 6.68. The molecule has 1 saturated carbocycles. The molecule has 4 heteroatoms. The molecule has 0 amide bonds. The average Bonchev–Trinajstić information content (AvgIpc) is 3.15. The lowest BCUT2D eigenvalue weighted by Crippen LogP contribution is -2.20. The number of carbonyl (C=O) groups is 1. The van der Waals surface area contributed by atoms with Crippen LogP contribution in [0.3, 0.4) is 0 Å². The van der Waals surface area contributed by atoms with Crippen molar-refractivity contribution in [3.05, 3.63) is 33.8 Å². The molecule has 1 aromatic rings. The van der Waals surface area contributed by atoms with Crippen LogP contribution >= 0.6 is 23.2 Å². The fraction of sp³-hybridized carbons (Fsp3) is 0.429. The molecule has 1 aromatic carbocycles. The van der Waals surface area contributed by atoms with Gasteiger partial charge in [-0.3, -0.25) is 4.79 Å². The van der Waals surface area contributed by atoms with Gasteiger partial charge in [-0.15, -0.1) is 0 Å². The van der Waals surface area contributed by atoms with Gasteiger partial charge in [0.25, 0.3) is 0 Å². The molecule has 0 heterocycles. The molecule has 2 rings (SSSR count). The van der Waals surface area contributed by atoms with Gasteiger partial charge in [0.05, 0.1) is 6.07 Å². The summed E-state index contributed by atoms with van der Waals surface area (Å²) < 4.78 is 0. The standard InChI is InChI=1S/C14H13Cl2NO/c1-8(9-2-3-9)14(18)12(7-17)11-5-4-10(15)6-13(11)16/h4-6,8-9,12H,2-3H2,1H3. The fourth-order valence-electron chi connectivity index (χ4n) is 2.11. The Morgan fingerprint density at radius 2 is 2.11 bits per heavy atom. The lowest BCUT2D eigenvalue weighted by Gasteiger charge is -2.15. The van der Waals surface area contributed by atoms with Gasteiger partial charge in [0.2, 0.25) is 0 Å². The molecule has 2 nitrogen and oxygen atoms in total. The van der Waals surface area contributed by atoms with E-state index in [1.165, 1.54) is 0 Å². The maximum absolute atomic E-state index is 12.3. The first kappa shape index (κ1) is 13.4. The summed E-state index contributed by atoms with van der Waals surface area (Å²) in [4.78, 5) is 12.3. The SMILES string of the molecule is CC(C(=O)C(C#N)c1ccc(Cl)cc1Cl)C1CC1. The van der Waals surface area contributed by atoms with E-state index in [-0.39, 0.29) is 11.7 Å². The van der Waals surface area contributed by atoms with Gasteiger partial charge in [0.1, 0.15) is 5.92 Å². The number of benzene rings is 1. The van der Waals surface area contributed by atoms with E-state index in [0.29, 0.717) is 21.5 Å². The maximum Gasteiger partial charge on any atom is 0.157 e. The normalized spacial score (nSPS) is 17.9. The molecule has 18 heavy (non-hydrogen) atoms. The van der Waals surface area contributed by atoms with Crippen LogP contribution in [0.2, 0.25) is 10.0 Å². The van der Waals surface area contributed by atoms with Crippen LogP contribution in [-0.4, -0.2) is 5.78 Å². The highest BCUT2D eigenvalue weighted by Gasteiger charge is 2.36. The number of nitriles is 1. The van der Waals surface area contributed by atoms with Gasteiger partial charge in [0, 0.05) is 16.0 Å². The van der Waals surface area contributed by atoms with Crippen LogP contribution in [-0.2, 0) is 4.79 Å². The predicted octanol–water partition coefficient (Wildman–Crippen LogP) is 4.22. The first-order valence-electron chi connectivity index (χ1n) is 5.93. The minimum Gasteiger partial charge on any atom is -0.298 e. The van der Waals surface area contributed by atoms with Crippen LogP contribution < -0.4 is 0 Å². The second-order valence-electron chi connectivity index (χ2n) is 4.76. The van der Waals surface area contributed by atoms with E-state index in [4.69, 9.17) is 23.2 Å². The van der Waals surface area contributed by atoms with Crippen molar-refractivity contribution in [2.75, 3.05) is 0 Å². The maximum atomic E-state index is 12.3. The van der Waals surface area contributed by atoms with Crippen LogP contribution in [0.1, 0.15) is 31.2 Å². The summed E-state index contributed by atoms with van der Waals surface area (Å²) in [6.45, 7) is 1.90. The third-order valence-electron chi connectivity index (χ3n) is 3.47.